The van der Waals surface area contributed by atoms with E-state index < -0.39 is 0 Å². The molecule has 1 aromatic rings. The van der Waals surface area contributed by atoms with Gasteiger partial charge in [0.05, 0.1) is 10.7 Å². The first-order valence-electron chi connectivity index (χ1n) is 7.19. The average Bonchev–Trinajstić information content (AvgIpc) is 2.82. The summed E-state index contributed by atoms with van der Waals surface area (Å²) in [4.78, 5) is 0. The van der Waals surface area contributed by atoms with Crippen LogP contribution in [0, 0.1) is 11.8 Å². The molecular weight excluding hydrogens is 290 g/mol. The second-order valence-corrected chi connectivity index (χ2v) is 6.25. The van der Waals surface area contributed by atoms with Crippen LogP contribution >= 0.6 is 15.9 Å². The summed E-state index contributed by atoms with van der Waals surface area (Å²) in [6.07, 6.45) is 7.07. The van der Waals surface area contributed by atoms with Gasteiger partial charge in [-0.15, -0.1) is 0 Å². The minimum Gasteiger partial charge on any atom is -0.468 e. The maximum absolute atomic E-state index is 5.73. The van der Waals surface area contributed by atoms with Crippen LogP contribution in [0.15, 0.2) is 21.2 Å². The van der Waals surface area contributed by atoms with Gasteiger partial charge in [0, 0.05) is 5.92 Å². The summed E-state index contributed by atoms with van der Waals surface area (Å²) >= 11 is 3.63. The van der Waals surface area contributed by atoms with Crippen molar-refractivity contribution in [1.82, 2.24) is 5.32 Å². The van der Waals surface area contributed by atoms with Gasteiger partial charge in [0.25, 0.3) is 0 Å². The molecule has 1 aromatic heterocycles. The van der Waals surface area contributed by atoms with Crippen LogP contribution in [0.25, 0.3) is 0 Å². The first kappa shape index (κ1) is 14.1. The molecule has 1 heterocycles. The molecule has 0 amide bonds. The minimum absolute atomic E-state index is 0.576. The van der Waals surface area contributed by atoms with Gasteiger partial charge in [0.2, 0.25) is 0 Å². The van der Waals surface area contributed by atoms with E-state index in [1.165, 1.54) is 25.7 Å². The highest BCUT2D eigenvalue weighted by Gasteiger charge is 2.33. The normalized spacial score (nSPS) is 28.5. The molecule has 1 fully saturated rings. The van der Waals surface area contributed by atoms with Gasteiger partial charge in [-0.25, -0.2) is 0 Å². The number of rotatable bonds is 5. The van der Waals surface area contributed by atoms with E-state index in [9.17, 15) is 0 Å². The molecule has 0 saturated heterocycles. The van der Waals surface area contributed by atoms with Gasteiger partial charge in [0.1, 0.15) is 5.76 Å². The van der Waals surface area contributed by atoms with E-state index in [0.29, 0.717) is 5.92 Å². The summed E-state index contributed by atoms with van der Waals surface area (Å²) in [5, 5.41) is 3.51. The lowest BCUT2D eigenvalue weighted by Gasteiger charge is -2.35. The Hall–Kier alpha value is -0.280. The predicted molar refractivity (Wildman–Crippen MR) is 78.8 cm³/mol. The summed E-state index contributed by atoms with van der Waals surface area (Å²) in [7, 11) is 0. The van der Waals surface area contributed by atoms with E-state index in [1.807, 2.05) is 6.07 Å². The van der Waals surface area contributed by atoms with Gasteiger partial charge in [0.15, 0.2) is 0 Å². The smallest absolute Gasteiger partial charge is 0.121 e. The predicted octanol–water partition coefficient (Wildman–Crippen LogP) is 4.56. The molecule has 1 aliphatic rings. The number of hydrogen-bond acceptors (Lipinski definition) is 2. The maximum Gasteiger partial charge on any atom is 0.121 e. The third kappa shape index (κ3) is 3.18. The monoisotopic (exact) mass is 313 g/mol. The van der Waals surface area contributed by atoms with Crippen molar-refractivity contribution in [3.63, 3.8) is 0 Å². The number of nitrogens with one attached hydrogen (secondary N) is 1. The van der Waals surface area contributed by atoms with Crippen molar-refractivity contribution in [2.24, 2.45) is 11.8 Å². The van der Waals surface area contributed by atoms with Crippen molar-refractivity contribution in [2.45, 2.75) is 45.4 Å². The summed E-state index contributed by atoms with van der Waals surface area (Å²) in [5.74, 6) is 3.32. The second-order valence-electron chi connectivity index (χ2n) is 5.39. The van der Waals surface area contributed by atoms with Gasteiger partial charge in [-0.05, 0) is 59.8 Å². The van der Waals surface area contributed by atoms with E-state index in [-0.39, 0.29) is 0 Å². The van der Waals surface area contributed by atoms with Gasteiger partial charge in [-0.2, -0.15) is 0 Å². The van der Waals surface area contributed by atoms with E-state index in [0.717, 1.165) is 35.2 Å². The standard InChI is InChI=1S/C15H24BrNO/c1-3-11-5-6-12(10-17-4-2)13(9-11)15-14(16)7-8-18-15/h7-8,11-13,17H,3-6,9-10H2,1-2H3. The lowest BCUT2D eigenvalue weighted by atomic mass is 9.72. The molecule has 0 radical (unpaired) electrons. The molecule has 2 nitrogen and oxygen atoms in total. The third-order valence-electron chi connectivity index (χ3n) is 4.32. The first-order valence-corrected chi connectivity index (χ1v) is 7.99. The average molecular weight is 314 g/mol. The zero-order valence-corrected chi connectivity index (χ0v) is 13.0. The van der Waals surface area contributed by atoms with E-state index in [4.69, 9.17) is 4.42 Å². The van der Waals surface area contributed by atoms with Crippen molar-refractivity contribution in [3.8, 4) is 0 Å². The molecule has 3 heteroatoms. The van der Waals surface area contributed by atoms with Crippen molar-refractivity contribution < 1.29 is 4.42 Å². The second kappa shape index (κ2) is 6.76. The first-order chi connectivity index (χ1) is 8.76. The highest BCUT2D eigenvalue weighted by atomic mass is 79.9. The molecule has 0 spiro atoms. The number of halogens is 1. The highest BCUT2D eigenvalue weighted by molar-refractivity contribution is 9.10. The van der Waals surface area contributed by atoms with Crippen LogP contribution in [0.2, 0.25) is 0 Å². The molecule has 2 rings (SSSR count). The van der Waals surface area contributed by atoms with Gasteiger partial charge < -0.3 is 9.73 Å². The Kier molecular flexibility index (Phi) is 5.31. The highest BCUT2D eigenvalue weighted by Crippen LogP contribution is 2.43. The molecule has 0 aromatic carbocycles. The quantitative estimate of drug-likeness (QED) is 0.862. The van der Waals surface area contributed by atoms with Crippen molar-refractivity contribution in [3.05, 3.63) is 22.6 Å². The summed E-state index contributed by atoms with van der Waals surface area (Å²) in [6.45, 7) is 6.66. The van der Waals surface area contributed by atoms with E-state index in [2.05, 4.69) is 35.1 Å². The molecule has 1 saturated carbocycles. The number of furan rings is 1. The van der Waals surface area contributed by atoms with E-state index >= 15 is 0 Å². The summed E-state index contributed by atoms with van der Waals surface area (Å²) in [6, 6.07) is 2.02. The van der Waals surface area contributed by atoms with Crippen molar-refractivity contribution >= 4 is 15.9 Å². The summed E-state index contributed by atoms with van der Waals surface area (Å²) < 4.78 is 6.88. The third-order valence-corrected chi connectivity index (χ3v) is 4.97. The molecule has 0 bridgehead atoms. The Bertz CT molecular complexity index is 363. The fourth-order valence-electron chi connectivity index (χ4n) is 3.16. The van der Waals surface area contributed by atoms with Crippen LogP contribution in [0.5, 0.6) is 0 Å². The lowest BCUT2D eigenvalue weighted by molar-refractivity contribution is 0.205. The zero-order valence-electron chi connectivity index (χ0n) is 11.4. The Morgan fingerprint density at radius 2 is 2.22 bits per heavy atom. The fourth-order valence-corrected chi connectivity index (χ4v) is 3.65. The Morgan fingerprint density at radius 1 is 1.39 bits per heavy atom. The Morgan fingerprint density at radius 3 is 2.83 bits per heavy atom. The van der Waals surface area contributed by atoms with Gasteiger partial charge in [-0.1, -0.05) is 26.7 Å². The molecular formula is C15H24BrNO. The maximum atomic E-state index is 5.73. The fraction of sp³-hybridized carbons (Fsp3) is 0.733. The van der Waals surface area contributed by atoms with Crippen molar-refractivity contribution in [1.29, 1.82) is 0 Å². The van der Waals surface area contributed by atoms with E-state index in [1.54, 1.807) is 6.26 Å². The lowest BCUT2D eigenvalue weighted by Crippen LogP contribution is -2.31. The molecule has 102 valence electrons. The largest absolute Gasteiger partial charge is 0.468 e. The van der Waals surface area contributed by atoms with Gasteiger partial charge in [-0.3, -0.25) is 0 Å². The van der Waals surface area contributed by atoms with Gasteiger partial charge >= 0.3 is 0 Å². The van der Waals surface area contributed by atoms with Crippen LogP contribution in [0.4, 0.5) is 0 Å². The molecule has 18 heavy (non-hydrogen) atoms. The SMILES string of the molecule is CCNCC1CCC(CC)CC1c1occc1Br. The van der Waals surface area contributed by atoms with Crippen molar-refractivity contribution in [2.75, 3.05) is 13.1 Å². The van der Waals surface area contributed by atoms with Crippen LogP contribution < -0.4 is 5.32 Å². The molecule has 0 aliphatic heterocycles. The topological polar surface area (TPSA) is 25.2 Å². The molecule has 3 unspecified atom stereocenters. The molecule has 1 aliphatic carbocycles. The van der Waals surface area contributed by atoms with Crippen LogP contribution in [-0.2, 0) is 0 Å². The molecule has 3 atom stereocenters. The minimum atomic E-state index is 0.576. The Labute approximate surface area is 119 Å². The summed E-state index contributed by atoms with van der Waals surface area (Å²) in [5.41, 5.74) is 0. The Balaban J connectivity index is 2.11. The van der Waals surface area contributed by atoms with Crippen LogP contribution in [0.3, 0.4) is 0 Å². The zero-order chi connectivity index (χ0) is 13.0. The number of hydrogen-bond donors (Lipinski definition) is 1. The van der Waals surface area contributed by atoms with Crippen LogP contribution in [0.1, 0.15) is 51.2 Å². The molecule has 1 N–H and O–H groups in total. The van der Waals surface area contributed by atoms with Crippen LogP contribution in [-0.4, -0.2) is 13.1 Å².